The summed E-state index contributed by atoms with van der Waals surface area (Å²) < 4.78 is 0.863. The van der Waals surface area contributed by atoms with Crippen LogP contribution >= 0.6 is 27.7 Å². The van der Waals surface area contributed by atoms with Gasteiger partial charge in [-0.05, 0) is 31.4 Å². The molecule has 0 aliphatic carbocycles. The first-order valence-electron chi connectivity index (χ1n) is 12.5. The Labute approximate surface area is 222 Å². The summed E-state index contributed by atoms with van der Waals surface area (Å²) in [5.74, 6) is -1.79. The molecule has 5 rings (SSSR count). The molecule has 2 aromatic rings. The van der Waals surface area contributed by atoms with Crippen LogP contribution in [-0.4, -0.2) is 82.8 Å². The molecule has 1 aromatic heterocycles. The van der Waals surface area contributed by atoms with E-state index in [1.54, 1.807) is 21.3 Å². The summed E-state index contributed by atoms with van der Waals surface area (Å²) in [5, 5.41) is 24.3. The highest BCUT2D eigenvalue weighted by Crippen LogP contribution is 2.68. The quantitative estimate of drug-likeness (QED) is 0.382. The second kappa shape index (κ2) is 9.94. The van der Waals surface area contributed by atoms with Crippen molar-refractivity contribution in [1.82, 2.24) is 30.5 Å². The van der Waals surface area contributed by atoms with Gasteiger partial charge in [0.25, 0.3) is 0 Å². The molecule has 1 spiro atoms. The number of amides is 3. The van der Waals surface area contributed by atoms with Gasteiger partial charge in [-0.15, -0.1) is 16.9 Å². The summed E-state index contributed by atoms with van der Waals surface area (Å²) in [6.07, 6.45) is 1.90. The molecule has 2 bridgehead atoms. The van der Waals surface area contributed by atoms with Gasteiger partial charge in [0.2, 0.25) is 17.7 Å². The van der Waals surface area contributed by atoms with Crippen LogP contribution in [0.25, 0.3) is 11.0 Å². The predicted molar refractivity (Wildman–Crippen MR) is 139 cm³/mol. The molecule has 36 heavy (non-hydrogen) atoms. The van der Waals surface area contributed by atoms with Crippen molar-refractivity contribution in [2.45, 2.75) is 66.7 Å². The molecule has 3 aliphatic rings. The van der Waals surface area contributed by atoms with Crippen molar-refractivity contribution < 1.29 is 19.5 Å². The largest absolute Gasteiger partial charge is 0.394 e. The number of thioether (sulfide) groups is 1. The van der Waals surface area contributed by atoms with E-state index in [1.165, 1.54) is 0 Å². The van der Waals surface area contributed by atoms with E-state index >= 15 is 0 Å². The fourth-order valence-corrected chi connectivity index (χ4v) is 9.72. The lowest BCUT2D eigenvalue weighted by molar-refractivity contribution is -0.142. The maximum absolute atomic E-state index is 13.9. The summed E-state index contributed by atoms with van der Waals surface area (Å²) in [6.45, 7) is 4.27. The number of carbonyl (C=O) groups is 3. The molecule has 3 saturated heterocycles. The number of fused-ring (bicyclic) bond motifs is 2. The Bertz CT molecular complexity index is 1170. The first kappa shape index (κ1) is 25.5. The van der Waals surface area contributed by atoms with Gasteiger partial charge < -0.3 is 20.6 Å². The van der Waals surface area contributed by atoms with E-state index in [4.69, 9.17) is 0 Å². The van der Waals surface area contributed by atoms with Crippen molar-refractivity contribution >= 4 is 56.4 Å². The molecule has 12 heteroatoms. The molecule has 194 valence electrons. The van der Waals surface area contributed by atoms with Crippen LogP contribution in [0.2, 0.25) is 0 Å². The first-order chi connectivity index (χ1) is 17.4. The van der Waals surface area contributed by atoms with Gasteiger partial charge in [0.15, 0.2) is 0 Å². The predicted octanol–water partition coefficient (Wildman–Crippen LogP) is 1.27. The zero-order valence-corrected chi connectivity index (χ0v) is 22.7. The molecule has 7 atom stereocenters. The summed E-state index contributed by atoms with van der Waals surface area (Å²) in [6, 6.07) is 6.17. The van der Waals surface area contributed by atoms with E-state index in [1.807, 2.05) is 38.1 Å². The number of hydrogen-bond donors (Lipinski definition) is 3. The molecule has 3 amide bonds. The van der Waals surface area contributed by atoms with E-state index in [2.05, 4.69) is 36.9 Å². The van der Waals surface area contributed by atoms with E-state index < -0.39 is 28.7 Å². The Kier molecular flexibility index (Phi) is 7.03. The number of halogens is 1. The van der Waals surface area contributed by atoms with Crippen LogP contribution in [0.15, 0.2) is 24.3 Å². The number of aliphatic hydroxyl groups excluding tert-OH is 1. The Morgan fingerprint density at radius 2 is 2.06 bits per heavy atom. The molecular weight excluding hydrogens is 548 g/mol. The molecule has 4 heterocycles. The third-order valence-electron chi connectivity index (χ3n) is 7.73. The van der Waals surface area contributed by atoms with Crippen LogP contribution in [0.5, 0.6) is 0 Å². The van der Waals surface area contributed by atoms with E-state index in [-0.39, 0.29) is 41.1 Å². The molecule has 1 aromatic carbocycles. The molecule has 3 unspecified atom stereocenters. The number of likely N-dealkylation sites (tertiary alicyclic amines) is 1. The number of aromatic nitrogens is 3. The van der Waals surface area contributed by atoms with Gasteiger partial charge in [-0.25, -0.2) is 4.68 Å². The minimum Gasteiger partial charge on any atom is -0.394 e. The number of hydrogen-bond acceptors (Lipinski definition) is 7. The number of alkyl halides is 1. The van der Waals surface area contributed by atoms with Gasteiger partial charge in [-0.2, -0.15) is 0 Å². The zero-order chi connectivity index (χ0) is 25.6. The van der Waals surface area contributed by atoms with Crippen LogP contribution < -0.4 is 10.6 Å². The van der Waals surface area contributed by atoms with Crippen LogP contribution in [0.1, 0.15) is 33.1 Å². The average Bonchev–Trinajstić information content (AvgIpc) is 3.59. The minimum atomic E-state index is -0.805. The lowest BCUT2D eigenvalue weighted by Crippen LogP contribution is -2.57. The number of rotatable bonds is 9. The Hall–Kier alpha value is -2.18. The SMILES string of the molecule is CCCNC(=O)[C@H]1[C@H]2C(=O)N([C@@H](CC)CO)C(C(=O)NCn3nnc4ccccc43)C23CC(Br)[C@@H]1S3. The summed E-state index contributed by atoms with van der Waals surface area (Å²) in [5.41, 5.74) is 1.52. The number of nitrogens with zero attached hydrogens (tertiary/aromatic N) is 4. The van der Waals surface area contributed by atoms with Crippen LogP contribution in [0.3, 0.4) is 0 Å². The molecule has 0 saturated carbocycles. The standard InChI is InChI=1S/C24H31BrN6O4S/c1-3-9-26-21(33)17-18-23(35)31(13(4-2)11-32)20(24(18)10-14(25)19(17)36-24)22(34)27-12-30-16-8-6-5-7-15(16)28-29-30/h5-8,13-14,17-20,32H,3-4,9-12H2,1-2H3,(H,26,33)(H,27,34)/t13-,14?,17-,18-,19-,20?,24?/m0/s1. The van der Waals surface area contributed by atoms with Gasteiger partial charge in [0, 0.05) is 16.6 Å². The molecule has 0 radical (unpaired) electrons. The maximum atomic E-state index is 13.9. The van der Waals surface area contributed by atoms with Crippen molar-refractivity contribution in [3.05, 3.63) is 24.3 Å². The van der Waals surface area contributed by atoms with Gasteiger partial charge >= 0.3 is 0 Å². The zero-order valence-electron chi connectivity index (χ0n) is 20.3. The topological polar surface area (TPSA) is 129 Å². The summed E-state index contributed by atoms with van der Waals surface area (Å²) >= 11 is 5.34. The number of nitrogens with one attached hydrogen (secondary N) is 2. The number of para-hydroxylation sites is 1. The number of carbonyl (C=O) groups excluding carboxylic acids is 3. The van der Waals surface area contributed by atoms with Gasteiger partial charge in [-0.1, -0.05) is 47.1 Å². The molecule has 3 fully saturated rings. The normalized spacial score (nSPS) is 31.6. The van der Waals surface area contributed by atoms with Crippen LogP contribution in [-0.2, 0) is 21.1 Å². The smallest absolute Gasteiger partial charge is 0.245 e. The van der Waals surface area contributed by atoms with Crippen molar-refractivity contribution in [3.63, 3.8) is 0 Å². The summed E-state index contributed by atoms with van der Waals surface area (Å²) in [7, 11) is 0. The lowest BCUT2D eigenvalue weighted by atomic mass is 9.70. The van der Waals surface area contributed by atoms with Gasteiger partial charge in [-0.3, -0.25) is 14.4 Å². The highest BCUT2D eigenvalue weighted by molar-refractivity contribution is 9.09. The van der Waals surface area contributed by atoms with Crippen molar-refractivity contribution in [2.75, 3.05) is 13.2 Å². The highest BCUT2D eigenvalue weighted by atomic mass is 79.9. The molecular formula is C24H31BrN6O4S. The monoisotopic (exact) mass is 578 g/mol. The maximum Gasteiger partial charge on any atom is 0.245 e. The van der Waals surface area contributed by atoms with E-state index in [9.17, 15) is 19.5 Å². The summed E-state index contributed by atoms with van der Waals surface area (Å²) in [4.78, 5) is 42.6. The third kappa shape index (κ3) is 3.83. The van der Waals surface area contributed by atoms with Crippen molar-refractivity contribution in [2.24, 2.45) is 11.8 Å². The second-order valence-electron chi connectivity index (χ2n) is 9.72. The van der Waals surface area contributed by atoms with Crippen LogP contribution in [0.4, 0.5) is 0 Å². The fraction of sp³-hybridized carbons (Fsp3) is 0.625. The third-order valence-corrected chi connectivity index (χ3v) is 10.9. The molecule has 3 N–H and O–H groups in total. The Morgan fingerprint density at radius 1 is 1.28 bits per heavy atom. The highest BCUT2D eigenvalue weighted by Gasteiger charge is 2.76. The van der Waals surface area contributed by atoms with Crippen molar-refractivity contribution in [1.29, 1.82) is 0 Å². The number of benzene rings is 1. The Balaban J connectivity index is 1.47. The Morgan fingerprint density at radius 3 is 2.78 bits per heavy atom. The molecule has 3 aliphatic heterocycles. The average molecular weight is 580 g/mol. The van der Waals surface area contributed by atoms with E-state index in [0.717, 1.165) is 17.5 Å². The molecule has 10 nitrogen and oxygen atoms in total. The van der Waals surface area contributed by atoms with Crippen molar-refractivity contribution in [3.8, 4) is 0 Å². The lowest BCUT2D eigenvalue weighted by Gasteiger charge is -2.37. The van der Waals surface area contributed by atoms with Gasteiger partial charge in [0.05, 0.1) is 34.7 Å². The minimum absolute atomic E-state index is 0.00707. The van der Waals surface area contributed by atoms with Crippen LogP contribution in [0, 0.1) is 11.8 Å². The second-order valence-corrected chi connectivity index (χ2v) is 12.4. The van der Waals surface area contributed by atoms with E-state index in [0.29, 0.717) is 19.4 Å². The number of aliphatic hydroxyl groups is 1. The fourth-order valence-electron chi connectivity index (χ4n) is 6.12. The first-order valence-corrected chi connectivity index (χ1v) is 14.3. The van der Waals surface area contributed by atoms with Gasteiger partial charge in [0.1, 0.15) is 18.2 Å².